The van der Waals surface area contributed by atoms with Crippen molar-refractivity contribution < 1.29 is 4.52 Å². The average Bonchev–Trinajstić information content (AvgIpc) is 3.28. The van der Waals surface area contributed by atoms with Crippen molar-refractivity contribution in [3.05, 3.63) is 94.5 Å². The summed E-state index contributed by atoms with van der Waals surface area (Å²) in [6.07, 6.45) is 3.54. The Hall–Kier alpha value is -3.18. The van der Waals surface area contributed by atoms with Gasteiger partial charge in [0.05, 0.1) is 11.5 Å². The van der Waals surface area contributed by atoms with E-state index in [9.17, 15) is 0 Å². The van der Waals surface area contributed by atoms with Gasteiger partial charge < -0.3 is 9.84 Å². The van der Waals surface area contributed by atoms with Gasteiger partial charge in [-0.15, -0.1) is 0 Å². The Labute approximate surface area is 193 Å². The highest BCUT2D eigenvalue weighted by atomic mass is 35.5. The molecule has 6 heteroatoms. The summed E-state index contributed by atoms with van der Waals surface area (Å²) in [5, 5.41) is 8.02. The number of hydrogen-bond donors (Lipinski definition) is 1. The number of nitrogens with zero attached hydrogens (tertiary/aromatic N) is 3. The summed E-state index contributed by atoms with van der Waals surface area (Å²) in [5.41, 5.74) is 4.39. The van der Waals surface area contributed by atoms with Gasteiger partial charge in [-0.25, -0.2) is 4.98 Å². The van der Waals surface area contributed by atoms with Crippen LogP contribution in [0, 0.1) is 5.92 Å². The minimum atomic E-state index is -0.111. The molecule has 2 aromatic heterocycles. The van der Waals surface area contributed by atoms with Crippen LogP contribution < -0.4 is 5.32 Å². The fourth-order valence-corrected chi connectivity index (χ4v) is 4.06. The Morgan fingerprint density at radius 2 is 1.72 bits per heavy atom. The van der Waals surface area contributed by atoms with Gasteiger partial charge in [-0.1, -0.05) is 67.0 Å². The molecule has 1 unspecified atom stereocenters. The van der Waals surface area contributed by atoms with E-state index in [4.69, 9.17) is 21.1 Å². The SMILES string of the molecule is CNc1ncccc1-c1noc(C(Cc2ccc(CC(C)C)cc2)c2cccc(Cl)c2)n1. The standard InChI is InChI=1S/C26H27ClN4O/c1-17(2)14-18-9-11-19(12-10-18)15-23(20-6-4-7-21(27)16-20)26-30-25(31-32-26)22-8-5-13-29-24(22)28-3/h4-13,16-17,23H,14-15H2,1-3H3,(H,28,29). The quantitative estimate of drug-likeness (QED) is 0.339. The maximum Gasteiger partial charge on any atom is 0.234 e. The minimum Gasteiger partial charge on any atom is -0.373 e. The third kappa shape index (κ3) is 5.17. The number of pyridine rings is 1. The number of aromatic nitrogens is 3. The predicted molar refractivity (Wildman–Crippen MR) is 129 cm³/mol. The summed E-state index contributed by atoms with van der Waals surface area (Å²) in [6, 6.07) is 20.4. The first-order valence-electron chi connectivity index (χ1n) is 10.8. The normalized spacial score (nSPS) is 12.2. The van der Waals surface area contributed by atoms with Crippen LogP contribution in [0.15, 0.2) is 71.4 Å². The minimum absolute atomic E-state index is 0.111. The lowest BCUT2D eigenvalue weighted by Gasteiger charge is -2.14. The Morgan fingerprint density at radius 1 is 0.969 bits per heavy atom. The molecule has 32 heavy (non-hydrogen) atoms. The summed E-state index contributed by atoms with van der Waals surface area (Å²) in [4.78, 5) is 9.09. The number of hydrogen-bond acceptors (Lipinski definition) is 5. The fourth-order valence-electron chi connectivity index (χ4n) is 3.86. The molecule has 0 saturated carbocycles. The topological polar surface area (TPSA) is 63.8 Å². The van der Waals surface area contributed by atoms with Gasteiger partial charge >= 0.3 is 0 Å². The van der Waals surface area contributed by atoms with Crippen LogP contribution in [0.25, 0.3) is 11.4 Å². The molecule has 0 saturated heterocycles. The Kier molecular flexibility index (Phi) is 6.86. The zero-order valence-corrected chi connectivity index (χ0v) is 19.3. The summed E-state index contributed by atoms with van der Waals surface area (Å²) < 4.78 is 5.76. The first kappa shape index (κ1) is 22.0. The molecule has 0 aliphatic heterocycles. The fraction of sp³-hybridized carbons (Fsp3) is 0.269. The van der Waals surface area contributed by atoms with E-state index in [0.29, 0.717) is 28.5 Å². The molecule has 0 bridgehead atoms. The highest BCUT2D eigenvalue weighted by Crippen LogP contribution is 2.32. The molecule has 0 spiro atoms. The molecule has 0 radical (unpaired) electrons. The summed E-state index contributed by atoms with van der Waals surface area (Å²) in [5.74, 6) is 2.29. The number of nitrogens with one attached hydrogen (secondary N) is 1. The third-order valence-corrected chi connectivity index (χ3v) is 5.62. The largest absolute Gasteiger partial charge is 0.373 e. The zero-order chi connectivity index (χ0) is 22.5. The molecule has 4 rings (SSSR count). The van der Waals surface area contributed by atoms with Gasteiger partial charge in [0.25, 0.3) is 0 Å². The van der Waals surface area contributed by atoms with Gasteiger partial charge in [0.2, 0.25) is 11.7 Å². The molecule has 0 amide bonds. The van der Waals surface area contributed by atoms with Crippen LogP contribution in [0.1, 0.15) is 42.3 Å². The van der Waals surface area contributed by atoms with Gasteiger partial charge in [-0.05, 0) is 59.7 Å². The van der Waals surface area contributed by atoms with Gasteiger partial charge in [0, 0.05) is 18.3 Å². The van der Waals surface area contributed by atoms with Gasteiger partial charge in [0.15, 0.2) is 0 Å². The van der Waals surface area contributed by atoms with Crippen molar-refractivity contribution in [2.45, 2.75) is 32.6 Å². The molecule has 1 N–H and O–H groups in total. The van der Waals surface area contributed by atoms with E-state index in [-0.39, 0.29) is 5.92 Å². The van der Waals surface area contributed by atoms with Gasteiger partial charge in [-0.2, -0.15) is 4.98 Å². The van der Waals surface area contributed by atoms with Crippen LogP contribution in [-0.2, 0) is 12.8 Å². The molecular weight excluding hydrogens is 420 g/mol. The molecule has 5 nitrogen and oxygen atoms in total. The van der Waals surface area contributed by atoms with Crippen molar-refractivity contribution in [3.8, 4) is 11.4 Å². The molecule has 2 heterocycles. The summed E-state index contributed by atoms with van der Waals surface area (Å²) in [6.45, 7) is 4.47. The maximum absolute atomic E-state index is 6.31. The summed E-state index contributed by atoms with van der Waals surface area (Å²) >= 11 is 6.31. The Bertz CT molecular complexity index is 1170. The van der Waals surface area contributed by atoms with E-state index in [2.05, 4.69) is 59.6 Å². The molecule has 4 aromatic rings. The van der Waals surface area contributed by atoms with E-state index < -0.39 is 0 Å². The molecule has 1 atom stereocenters. The first-order valence-corrected chi connectivity index (χ1v) is 11.2. The van der Waals surface area contributed by atoms with E-state index in [1.54, 1.807) is 6.20 Å². The Balaban J connectivity index is 1.67. The van der Waals surface area contributed by atoms with Crippen LogP contribution in [0.3, 0.4) is 0 Å². The van der Waals surface area contributed by atoms with Crippen LogP contribution in [0.5, 0.6) is 0 Å². The monoisotopic (exact) mass is 446 g/mol. The smallest absolute Gasteiger partial charge is 0.234 e. The highest BCUT2D eigenvalue weighted by Gasteiger charge is 2.23. The number of halogens is 1. The van der Waals surface area contributed by atoms with Crippen molar-refractivity contribution in [2.24, 2.45) is 5.92 Å². The number of rotatable bonds is 8. The third-order valence-electron chi connectivity index (χ3n) is 5.38. The molecule has 2 aromatic carbocycles. The molecule has 164 valence electrons. The van der Waals surface area contributed by atoms with Crippen molar-refractivity contribution in [3.63, 3.8) is 0 Å². The highest BCUT2D eigenvalue weighted by molar-refractivity contribution is 6.30. The van der Waals surface area contributed by atoms with Gasteiger partial charge in [-0.3, -0.25) is 0 Å². The van der Waals surface area contributed by atoms with Crippen molar-refractivity contribution in [1.82, 2.24) is 15.1 Å². The number of anilines is 1. The second kappa shape index (κ2) is 9.96. The zero-order valence-electron chi connectivity index (χ0n) is 18.5. The van der Waals surface area contributed by atoms with Crippen molar-refractivity contribution in [2.75, 3.05) is 12.4 Å². The lowest BCUT2D eigenvalue weighted by molar-refractivity contribution is 0.365. The van der Waals surface area contributed by atoms with E-state index in [1.165, 1.54) is 11.1 Å². The summed E-state index contributed by atoms with van der Waals surface area (Å²) in [7, 11) is 1.82. The average molecular weight is 447 g/mol. The first-order chi connectivity index (χ1) is 15.5. The lowest BCUT2D eigenvalue weighted by atomic mass is 9.91. The van der Waals surface area contributed by atoms with Crippen LogP contribution >= 0.6 is 11.6 Å². The molecule has 0 aliphatic carbocycles. The Morgan fingerprint density at radius 3 is 2.41 bits per heavy atom. The maximum atomic E-state index is 6.31. The van der Waals surface area contributed by atoms with Crippen LogP contribution in [0.4, 0.5) is 5.82 Å². The van der Waals surface area contributed by atoms with E-state index >= 15 is 0 Å². The molecular formula is C26H27ClN4O. The van der Waals surface area contributed by atoms with Crippen LogP contribution in [0.2, 0.25) is 5.02 Å². The van der Waals surface area contributed by atoms with E-state index in [0.717, 1.165) is 24.0 Å². The predicted octanol–water partition coefficient (Wildman–Crippen LogP) is 6.40. The molecule has 0 aliphatic rings. The lowest BCUT2D eigenvalue weighted by Crippen LogP contribution is -2.06. The van der Waals surface area contributed by atoms with Crippen molar-refractivity contribution in [1.29, 1.82) is 0 Å². The molecule has 0 fully saturated rings. The van der Waals surface area contributed by atoms with Gasteiger partial charge in [0.1, 0.15) is 5.82 Å². The van der Waals surface area contributed by atoms with Crippen LogP contribution in [-0.4, -0.2) is 22.2 Å². The number of benzene rings is 2. The second-order valence-corrected chi connectivity index (χ2v) is 8.77. The van der Waals surface area contributed by atoms with E-state index in [1.807, 2.05) is 37.4 Å². The second-order valence-electron chi connectivity index (χ2n) is 8.33. The van der Waals surface area contributed by atoms with Crippen molar-refractivity contribution >= 4 is 17.4 Å².